The summed E-state index contributed by atoms with van der Waals surface area (Å²) >= 11 is 0. The van der Waals surface area contributed by atoms with Crippen LogP contribution in [-0.2, 0) is 0 Å². The highest BCUT2D eigenvalue weighted by molar-refractivity contribution is 6.08. The molecule has 5 rings (SSSR count). The summed E-state index contributed by atoms with van der Waals surface area (Å²) in [5, 5.41) is 14.8. The van der Waals surface area contributed by atoms with Crippen LogP contribution in [-0.4, -0.2) is 22.4 Å². The fourth-order valence-electron chi connectivity index (χ4n) is 4.13. The summed E-state index contributed by atoms with van der Waals surface area (Å²) in [5.74, 6) is 0.512. The van der Waals surface area contributed by atoms with Gasteiger partial charge in [0.05, 0.1) is 22.7 Å². The van der Waals surface area contributed by atoms with Gasteiger partial charge in [0.25, 0.3) is 11.6 Å². The number of carbonyl (C=O) groups excluding carboxylic acids is 1. The number of anilines is 1. The highest BCUT2D eigenvalue weighted by Crippen LogP contribution is 2.33. The van der Waals surface area contributed by atoms with Gasteiger partial charge in [-0.15, -0.1) is 0 Å². The van der Waals surface area contributed by atoms with Gasteiger partial charge in [-0.25, -0.2) is 4.98 Å². The van der Waals surface area contributed by atoms with Crippen molar-refractivity contribution in [3.63, 3.8) is 0 Å². The molecule has 37 heavy (non-hydrogen) atoms. The minimum atomic E-state index is -0.424. The van der Waals surface area contributed by atoms with Gasteiger partial charge in [-0.05, 0) is 78.7 Å². The molecule has 0 radical (unpaired) electrons. The Morgan fingerprint density at radius 3 is 2.30 bits per heavy atom. The Morgan fingerprint density at radius 1 is 0.892 bits per heavy atom. The topological polar surface area (TPSA) is 94.4 Å². The fraction of sp³-hybridized carbons (Fsp3) is 0.0667. The van der Waals surface area contributed by atoms with Crippen molar-refractivity contribution in [1.82, 2.24) is 4.98 Å². The Labute approximate surface area is 213 Å². The summed E-state index contributed by atoms with van der Waals surface area (Å²) in [6.45, 7) is 2.50. The highest BCUT2D eigenvalue weighted by atomic mass is 16.6. The number of rotatable bonds is 7. The van der Waals surface area contributed by atoms with Crippen LogP contribution in [0.5, 0.6) is 5.75 Å². The third-order valence-corrected chi connectivity index (χ3v) is 5.95. The van der Waals surface area contributed by atoms with Crippen LogP contribution in [0.2, 0.25) is 0 Å². The van der Waals surface area contributed by atoms with Gasteiger partial charge in [-0.2, -0.15) is 0 Å². The number of hydrogen-bond acceptors (Lipinski definition) is 5. The number of amides is 1. The summed E-state index contributed by atoms with van der Waals surface area (Å²) in [6, 6.07) is 30.8. The lowest BCUT2D eigenvalue weighted by atomic mass is 9.97. The van der Waals surface area contributed by atoms with Gasteiger partial charge in [0.15, 0.2) is 0 Å². The second kappa shape index (κ2) is 10.3. The number of nitro groups is 1. The minimum absolute atomic E-state index is 0.0241. The van der Waals surface area contributed by atoms with Crippen molar-refractivity contribution in [2.75, 3.05) is 11.9 Å². The van der Waals surface area contributed by atoms with E-state index >= 15 is 0 Å². The zero-order chi connectivity index (χ0) is 25.8. The molecular weight excluding hydrogens is 466 g/mol. The molecule has 182 valence electrons. The predicted molar refractivity (Wildman–Crippen MR) is 145 cm³/mol. The Kier molecular flexibility index (Phi) is 6.59. The number of carbonyl (C=O) groups is 1. The molecule has 0 aliphatic heterocycles. The summed E-state index contributed by atoms with van der Waals surface area (Å²) in [4.78, 5) is 28.5. The van der Waals surface area contributed by atoms with Gasteiger partial charge < -0.3 is 10.1 Å². The molecule has 0 unspecified atom stereocenters. The number of hydrogen-bond donors (Lipinski definition) is 1. The first-order valence-electron chi connectivity index (χ1n) is 11.8. The van der Waals surface area contributed by atoms with Gasteiger partial charge >= 0.3 is 0 Å². The summed E-state index contributed by atoms with van der Waals surface area (Å²) in [6.07, 6.45) is 0. The Bertz CT molecular complexity index is 1580. The number of nitro benzene ring substituents is 1. The molecule has 0 aliphatic rings. The number of fused-ring (bicyclic) bond motifs is 1. The molecule has 0 saturated heterocycles. The Morgan fingerprint density at radius 2 is 1.62 bits per heavy atom. The second-order valence-corrected chi connectivity index (χ2v) is 8.37. The molecule has 0 saturated carbocycles. The number of pyridine rings is 1. The first kappa shape index (κ1) is 23.7. The van der Waals surface area contributed by atoms with E-state index in [0.29, 0.717) is 29.1 Å². The zero-order valence-electron chi connectivity index (χ0n) is 20.0. The first-order chi connectivity index (χ1) is 18.0. The lowest BCUT2D eigenvalue weighted by Crippen LogP contribution is -2.11. The fourth-order valence-corrected chi connectivity index (χ4v) is 4.13. The van der Waals surface area contributed by atoms with Gasteiger partial charge in [0.1, 0.15) is 5.75 Å². The summed E-state index contributed by atoms with van der Waals surface area (Å²) in [5.41, 5.74) is 5.25. The Hall–Kier alpha value is -5.04. The lowest BCUT2D eigenvalue weighted by molar-refractivity contribution is -0.384. The third-order valence-electron chi connectivity index (χ3n) is 5.95. The van der Waals surface area contributed by atoms with Crippen LogP contribution in [0.3, 0.4) is 0 Å². The van der Waals surface area contributed by atoms with E-state index in [9.17, 15) is 14.9 Å². The van der Waals surface area contributed by atoms with Crippen LogP contribution in [0.4, 0.5) is 11.4 Å². The van der Waals surface area contributed by atoms with Crippen molar-refractivity contribution in [1.29, 1.82) is 0 Å². The van der Waals surface area contributed by atoms with E-state index in [1.54, 1.807) is 30.3 Å². The molecule has 5 aromatic rings. The van der Waals surface area contributed by atoms with E-state index in [2.05, 4.69) is 5.32 Å². The molecule has 1 aromatic heterocycles. The number of nitrogens with one attached hydrogen (secondary N) is 1. The molecule has 7 heteroatoms. The van der Waals surface area contributed by atoms with E-state index in [0.717, 1.165) is 27.8 Å². The van der Waals surface area contributed by atoms with Gasteiger partial charge in [0.2, 0.25) is 0 Å². The molecule has 0 spiro atoms. The summed E-state index contributed by atoms with van der Waals surface area (Å²) in [7, 11) is 0. The zero-order valence-corrected chi connectivity index (χ0v) is 20.0. The highest BCUT2D eigenvalue weighted by Gasteiger charge is 2.14. The largest absolute Gasteiger partial charge is 0.494 e. The predicted octanol–water partition coefficient (Wildman–Crippen LogP) is 7.13. The second-order valence-electron chi connectivity index (χ2n) is 8.37. The van der Waals surface area contributed by atoms with Crippen LogP contribution in [0, 0.1) is 10.1 Å². The van der Waals surface area contributed by atoms with E-state index in [1.807, 2.05) is 67.6 Å². The molecule has 1 heterocycles. The Balaban J connectivity index is 1.54. The number of ether oxygens (including phenoxy) is 1. The molecule has 0 bridgehead atoms. The maximum absolute atomic E-state index is 13.1. The van der Waals surface area contributed by atoms with Crippen molar-refractivity contribution in [3.05, 3.63) is 119 Å². The van der Waals surface area contributed by atoms with Crippen molar-refractivity contribution in [2.24, 2.45) is 0 Å². The average Bonchev–Trinajstić information content (AvgIpc) is 2.94. The van der Waals surface area contributed by atoms with Crippen LogP contribution in [0.15, 0.2) is 103 Å². The SMILES string of the molecule is CCOc1ccc(NC(=O)c2ccc3nc(-c4ccc([N+](=O)[O-])cc4)cc(-c4ccccc4)c3c2)cc1. The van der Waals surface area contributed by atoms with Crippen LogP contribution >= 0.6 is 0 Å². The van der Waals surface area contributed by atoms with Crippen molar-refractivity contribution in [3.8, 4) is 28.1 Å². The minimum Gasteiger partial charge on any atom is -0.494 e. The third kappa shape index (κ3) is 5.16. The van der Waals surface area contributed by atoms with Crippen LogP contribution in [0.1, 0.15) is 17.3 Å². The summed E-state index contributed by atoms with van der Waals surface area (Å²) < 4.78 is 5.46. The maximum Gasteiger partial charge on any atom is 0.269 e. The van der Waals surface area contributed by atoms with E-state index in [1.165, 1.54) is 12.1 Å². The number of aromatic nitrogens is 1. The van der Waals surface area contributed by atoms with E-state index in [-0.39, 0.29) is 11.6 Å². The van der Waals surface area contributed by atoms with Gasteiger partial charge in [0, 0.05) is 34.3 Å². The molecule has 1 amide bonds. The standard InChI is InChI=1S/C30H23N3O4/c1-2-37-25-15-11-23(12-16-25)31-30(34)22-10-17-28-27(18-22)26(20-6-4-3-5-7-20)19-29(32-28)21-8-13-24(14-9-21)33(35)36/h3-19H,2H2,1H3,(H,31,34). The number of non-ortho nitro benzene ring substituents is 1. The molecular formula is C30H23N3O4. The quantitative estimate of drug-likeness (QED) is 0.194. The van der Waals surface area contributed by atoms with Crippen LogP contribution in [0.25, 0.3) is 33.3 Å². The molecule has 0 atom stereocenters. The molecule has 4 aromatic carbocycles. The van der Waals surface area contributed by atoms with Gasteiger partial charge in [-0.1, -0.05) is 30.3 Å². The van der Waals surface area contributed by atoms with Crippen LogP contribution < -0.4 is 10.1 Å². The van der Waals surface area contributed by atoms with Crippen molar-refractivity contribution >= 4 is 28.2 Å². The first-order valence-corrected chi connectivity index (χ1v) is 11.8. The maximum atomic E-state index is 13.1. The van der Waals surface area contributed by atoms with E-state index in [4.69, 9.17) is 9.72 Å². The van der Waals surface area contributed by atoms with E-state index < -0.39 is 4.92 Å². The monoisotopic (exact) mass is 489 g/mol. The normalized spacial score (nSPS) is 10.7. The average molecular weight is 490 g/mol. The smallest absolute Gasteiger partial charge is 0.269 e. The van der Waals surface area contributed by atoms with Crippen molar-refractivity contribution in [2.45, 2.75) is 6.92 Å². The molecule has 7 nitrogen and oxygen atoms in total. The lowest BCUT2D eigenvalue weighted by Gasteiger charge is -2.12. The van der Waals surface area contributed by atoms with Crippen molar-refractivity contribution < 1.29 is 14.5 Å². The van der Waals surface area contributed by atoms with Gasteiger partial charge in [-0.3, -0.25) is 14.9 Å². The number of nitrogens with zero attached hydrogens (tertiary/aromatic N) is 2. The molecule has 0 fully saturated rings. The molecule has 0 aliphatic carbocycles. The number of benzene rings is 4. The molecule has 1 N–H and O–H groups in total.